The van der Waals surface area contributed by atoms with Crippen molar-refractivity contribution >= 4 is 23.6 Å². The van der Waals surface area contributed by atoms with Gasteiger partial charge in [-0.3, -0.25) is 4.79 Å². The molecule has 2 aliphatic heterocycles. The highest BCUT2D eigenvalue weighted by Gasteiger charge is 2.43. The Balaban J connectivity index is 2.13. The van der Waals surface area contributed by atoms with Crippen molar-refractivity contribution in [2.45, 2.75) is 19.4 Å². The summed E-state index contributed by atoms with van der Waals surface area (Å²) in [5.74, 6) is 0.444. The van der Waals surface area contributed by atoms with Gasteiger partial charge in [0.15, 0.2) is 0 Å². The van der Waals surface area contributed by atoms with Crippen LogP contribution in [0, 0.1) is 5.41 Å². The molecule has 0 aromatic rings. The van der Waals surface area contributed by atoms with E-state index in [1.54, 1.807) is 16.7 Å². The van der Waals surface area contributed by atoms with Crippen molar-refractivity contribution in [2.75, 3.05) is 31.1 Å². The van der Waals surface area contributed by atoms with Crippen LogP contribution in [0.5, 0.6) is 0 Å². The van der Waals surface area contributed by atoms with Gasteiger partial charge in [0.05, 0.1) is 5.41 Å². The van der Waals surface area contributed by atoms with Gasteiger partial charge in [0.2, 0.25) is 5.91 Å². The molecule has 0 aromatic heterocycles. The van der Waals surface area contributed by atoms with Gasteiger partial charge in [0.25, 0.3) is 0 Å². The Morgan fingerprint density at radius 1 is 1.53 bits per heavy atom. The van der Waals surface area contributed by atoms with Crippen molar-refractivity contribution < 1.29 is 14.7 Å². The number of carbonyl (C=O) groups excluding carboxylic acids is 1. The van der Waals surface area contributed by atoms with Crippen LogP contribution in [0.15, 0.2) is 0 Å². The number of carbonyl (C=O) groups is 2. The Hall–Kier alpha value is -0.750. The van der Waals surface area contributed by atoms with E-state index >= 15 is 0 Å². The topological polar surface area (TPSA) is 69.6 Å². The summed E-state index contributed by atoms with van der Waals surface area (Å²) in [6.07, 6.45) is 0.793. The van der Waals surface area contributed by atoms with Crippen LogP contribution in [-0.2, 0) is 9.59 Å². The average molecular weight is 258 g/mol. The summed E-state index contributed by atoms with van der Waals surface area (Å²) in [6, 6.07) is -0.654. The summed E-state index contributed by atoms with van der Waals surface area (Å²) < 4.78 is 0. The second-order valence-corrected chi connectivity index (χ2v) is 6.06. The fourth-order valence-corrected chi connectivity index (χ4v) is 3.44. The van der Waals surface area contributed by atoms with Gasteiger partial charge >= 0.3 is 5.97 Å². The average Bonchev–Trinajstić information content (AvgIpc) is 2.76. The smallest absolute Gasteiger partial charge is 0.327 e. The van der Waals surface area contributed by atoms with Crippen LogP contribution in [0.1, 0.15) is 13.3 Å². The molecule has 0 radical (unpaired) electrons. The third-order valence-electron chi connectivity index (χ3n) is 3.56. The van der Waals surface area contributed by atoms with Crippen LogP contribution in [0.4, 0.5) is 0 Å². The number of thioether (sulfide) groups is 1. The van der Waals surface area contributed by atoms with Gasteiger partial charge in [-0.25, -0.2) is 4.79 Å². The van der Waals surface area contributed by atoms with E-state index < -0.39 is 17.4 Å². The van der Waals surface area contributed by atoms with Gasteiger partial charge in [-0.1, -0.05) is 0 Å². The van der Waals surface area contributed by atoms with Crippen molar-refractivity contribution in [3.05, 3.63) is 0 Å². The molecule has 0 spiro atoms. The predicted octanol–water partition coefficient (Wildman–Crippen LogP) is 0.0146. The van der Waals surface area contributed by atoms with Gasteiger partial charge in [-0.2, -0.15) is 11.8 Å². The van der Waals surface area contributed by atoms with E-state index in [0.29, 0.717) is 18.8 Å². The van der Waals surface area contributed by atoms with E-state index in [-0.39, 0.29) is 5.91 Å². The number of carboxylic acids is 1. The Morgan fingerprint density at radius 3 is 2.88 bits per heavy atom. The Kier molecular flexibility index (Phi) is 3.63. The quantitative estimate of drug-likeness (QED) is 0.730. The number of aliphatic carboxylic acids is 1. The summed E-state index contributed by atoms with van der Waals surface area (Å²) in [7, 11) is 0. The SMILES string of the molecule is CC1(C(=O)N2CCSCC2C(=O)O)CCNC1. The molecule has 2 aliphatic rings. The molecule has 1 amide bonds. The maximum absolute atomic E-state index is 12.5. The molecule has 17 heavy (non-hydrogen) atoms. The first-order valence-corrected chi connectivity index (χ1v) is 7.02. The number of nitrogens with zero attached hydrogens (tertiary/aromatic N) is 1. The van der Waals surface area contributed by atoms with Gasteiger partial charge < -0.3 is 15.3 Å². The number of amides is 1. The molecule has 0 saturated carbocycles. The zero-order valence-electron chi connectivity index (χ0n) is 9.94. The molecule has 0 bridgehead atoms. The normalized spacial score (nSPS) is 33.7. The first-order chi connectivity index (χ1) is 8.04. The van der Waals surface area contributed by atoms with E-state index in [2.05, 4.69) is 5.32 Å². The number of rotatable bonds is 2. The largest absolute Gasteiger partial charge is 0.480 e. The van der Waals surface area contributed by atoms with E-state index in [9.17, 15) is 9.59 Å². The predicted molar refractivity (Wildman–Crippen MR) is 66.1 cm³/mol. The maximum atomic E-state index is 12.5. The molecule has 2 heterocycles. The summed E-state index contributed by atoms with van der Waals surface area (Å²) in [6.45, 7) is 3.97. The number of hydrogen-bond donors (Lipinski definition) is 2. The molecule has 2 rings (SSSR count). The molecular formula is C11H18N2O3S. The summed E-state index contributed by atoms with van der Waals surface area (Å²) >= 11 is 1.60. The minimum absolute atomic E-state index is 0.00444. The Bertz CT molecular complexity index is 329. The van der Waals surface area contributed by atoms with Crippen molar-refractivity contribution in [1.29, 1.82) is 0 Å². The van der Waals surface area contributed by atoms with E-state index in [1.165, 1.54) is 0 Å². The molecule has 0 aromatic carbocycles. The highest BCUT2D eigenvalue weighted by atomic mass is 32.2. The zero-order chi connectivity index (χ0) is 12.5. The van der Waals surface area contributed by atoms with Crippen LogP contribution in [0.3, 0.4) is 0 Å². The number of nitrogens with one attached hydrogen (secondary N) is 1. The van der Waals surface area contributed by atoms with Crippen LogP contribution < -0.4 is 5.32 Å². The van der Waals surface area contributed by atoms with Crippen molar-refractivity contribution in [3.8, 4) is 0 Å². The number of hydrogen-bond acceptors (Lipinski definition) is 4. The molecule has 2 atom stereocenters. The fraction of sp³-hybridized carbons (Fsp3) is 0.818. The van der Waals surface area contributed by atoms with Crippen LogP contribution in [-0.4, -0.2) is 59.1 Å². The van der Waals surface area contributed by atoms with Crippen molar-refractivity contribution in [3.63, 3.8) is 0 Å². The van der Waals surface area contributed by atoms with Gasteiger partial charge in [0.1, 0.15) is 6.04 Å². The minimum Gasteiger partial charge on any atom is -0.480 e. The van der Waals surface area contributed by atoms with E-state index in [4.69, 9.17) is 5.11 Å². The second-order valence-electron chi connectivity index (χ2n) is 4.91. The molecule has 96 valence electrons. The molecule has 2 N–H and O–H groups in total. The zero-order valence-corrected chi connectivity index (χ0v) is 10.8. The lowest BCUT2D eigenvalue weighted by Crippen LogP contribution is -2.55. The van der Waals surface area contributed by atoms with Crippen molar-refractivity contribution in [1.82, 2.24) is 10.2 Å². The van der Waals surface area contributed by atoms with Crippen LogP contribution in [0.2, 0.25) is 0 Å². The van der Waals surface area contributed by atoms with E-state index in [0.717, 1.165) is 18.7 Å². The number of carboxylic acid groups (broad SMARTS) is 1. The lowest BCUT2D eigenvalue weighted by molar-refractivity contribution is -0.153. The Morgan fingerprint density at radius 2 is 2.29 bits per heavy atom. The standard InChI is InChI=1S/C11H18N2O3S/c1-11(2-3-12-7-11)10(16)13-4-5-17-6-8(13)9(14)15/h8,12H,2-7H2,1H3,(H,14,15). The monoisotopic (exact) mass is 258 g/mol. The fourth-order valence-electron chi connectivity index (χ4n) is 2.40. The minimum atomic E-state index is -0.889. The first kappa shape index (κ1) is 12.7. The lowest BCUT2D eigenvalue weighted by Gasteiger charge is -2.37. The van der Waals surface area contributed by atoms with E-state index in [1.807, 2.05) is 6.92 Å². The highest BCUT2D eigenvalue weighted by molar-refractivity contribution is 7.99. The van der Waals surface area contributed by atoms with Gasteiger partial charge in [0, 0.05) is 24.6 Å². The summed E-state index contributed by atoms with van der Waals surface area (Å²) in [4.78, 5) is 25.2. The highest BCUT2D eigenvalue weighted by Crippen LogP contribution is 2.30. The molecule has 2 saturated heterocycles. The second kappa shape index (κ2) is 4.86. The molecule has 6 heteroatoms. The van der Waals surface area contributed by atoms with Gasteiger partial charge in [-0.05, 0) is 19.9 Å². The summed E-state index contributed by atoms with van der Waals surface area (Å²) in [5.41, 5.74) is -0.421. The third-order valence-corrected chi connectivity index (χ3v) is 4.58. The van der Waals surface area contributed by atoms with Crippen LogP contribution in [0.25, 0.3) is 0 Å². The lowest BCUT2D eigenvalue weighted by atomic mass is 9.87. The van der Waals surface area contributed by atoms with Crippen LogP contribution >= 0.6 is 11.8 Å². The van der Waals surface area contributed by atoms with Gasteiger partial charge in [-0.15, -0.1) is 0 Å². The first-order valence-electron chi connectivity index (χ1n) is 5.87. The molecule has 0 aliphatic carbocycles. The molecule has 2 fully saturated rings. The van der Waals surface area contributed by atoms with Crippen molar-refractivity contribution in [2.24, 2.45) is 5.41 Å². The molecule has 2 unspecified atom stereocenters. The summed E-state index contributed by atoms with van der Waals surface area (Å²) in [5, 5.41) is 12.3. The molecular weight excluding hydrogens is 240 g/mol. The molecule has 5 nitrogen and oxygen atoms in total. The maximum Gasteiger partial charge on any atom is 0.327 e. The Labute approximate surface area is 105 Å². The third kappa shape index (κ3) is 2.42.